The molecule has 3 unspecified atom stereocenters. The first-order valence-corrected chi connectivity index (χ1v) is 6.91. The van der Waals surface area contributed by atoms with Crippen LogP contribution in [-0.2, 0) is 0 Å². The second-order valence-corrected chi connectivity index (χ2v) is 5.42. The Balaban J connectivity index is 1.98. The lowest BCUT2D eigenvalue weighted by atomic mass is 9.98. The standard InChI is InChI=1S/C15H24N2O2/c1-11-8-13(16)6-7-17(11)10-15(18)12-4-3-5-14(9-12)19-2/h3-5,9,11,13,15,18H,6-8,10,16H2,1-2H3. The number of hydrogen-bond acceptors (Lipinski definition) is 4. The lowest BCUT2D eigenvalue weighted by molar-refractivity contribution is 0.0681. The number of nitrogens with zero attached hydrogens (tertiary/aromatic N) is 1. The molecule has 0 radical (unpaired) electrons. The molecule has 4 nitrogen and oxygen atoms in total. The molecule has 106 valence electrons. The van der Waals surface area contributed by atoms with Crippen LogP contribution >= 0.6 is 0 Å². The summed E-state index contributed by atoms with van der Waals surface area (Å²) in [7, 11) is 1.64. The van der Waals surface area contributed by atoms with Gasteiger partial charge in [0, 0.05) is 25.2 Å². The fraction of sp³-hybridized carbons (Fsp3) is 0.600. The van der Waals surface area contributed by atoms with Crippen molar-refractivity contribution in [2.45, 2.75) is 38.0 Å². The average Bonchev–Trinajstić information content (AvgIpc) is 2.42. The molecular formula is C15H24N2O2. The minimum Gasteiger partial charge on any atom is -0.497 e. The third-order valence-electron chi connectivity index (χ3n) is 3.94. The summed E-state index contributed by atoms with van der Waals surface area (Å²) in [6, 6.07) is 8.37. The lowest BCUT2D eigenvalue weighted by Gasteiger charge is -2.37. The van der Waals surface area contributed by atoms with Gasteiger partial charge in [0.2, 0.25) is 0 Å². The smallest absolute Gasteiger partial charge is 0.119 e. The number of aliphatic hydroxyl groups is 1. The summed E-state index contributed by atoms with van der Waals surface area (Å²) in [5.41, 5.74) is 6.87. The Kier molecular flexibility index (Phi) is 4.80. The monoisotopic (exact) mass is 264 g/mol. The van der Waals surface area contributed by atoms with Crippen LogP contribution in [0.2, 0.25) is 0 Å². The van der Waals surface area contributed by atoms with Crippen molar-refractivity contribution in [3.63, 3.8) is 0 Å². The molecule has 1 heterocycles. The number of rotatable bonds is 4. The molecule has 1 saturated heterocycles. The number of nitrogens with two attached hydrogens (primary N) is 1. The number of methoxy groups -OCH3 is 1. The van der Waals surface area contributed by atoms with E-state index in [0.29, 0.717) is 18.6 Å². The first-order valence-electron chi connectivity index (χ1n) is 6.91. The molecule has 0 amide bonds. The third kappa shape index (κ3) is 3.69. The predicted octanol–water partition coefficient (Wildman–Crippen LogP) is 1.54. The number of aliphatic hydroxyl groups excluding tert-OH is 1. The minimum absolute atomic E-state index is 0.306. The van der Waals surface area contributed by atoms with E-state index in [-0.39, 0.29) is 0 Å². The van der Waals surface area contributed by atoms with E-state index in [2.05, 4.69) is 11.8 Å². The van der Waals surface area contributed by atoms with Crippen LogP contribution in [0, 0.1) is 0 Å². The van der Waals surface area contributed by atoms with Crippen molar-refractivity contribution >= 4 is 0 Å². The third-order valence-corrected chi connectivity index (χ3v) is 3.94. The van der Waals surface area contributed by atoms with Crippen molar-refractivity contribution in [3.8, 4) is 5.75 Å². The molecule has 3 atom stereocenters. The fourth-order valence-electron chi connectivity index (χ4n) is 2.70. The zero-order valence-corrected chi connectivity index (χ0v) is 11.7. The highest BCUT2D eigenvalue weighted by Gasteiger charge is 2.25. The van der Waals surface area contributed by atoms with E-state index >= 15 is 0 Å². The van der Waals surface area contributed by atoms with Gasteiger partial charge in [-0.2, -0.15) is 0 Å². The predicted molar refractivity (Wildman–Crippen MR) is 76.2 cm³/mol. The number of β-amino-alcohol motifs (C(OH)–C–C–N with tert-alkyl or cyclic N) is 1. The van der Waals surface area contributed by atoms with Gasteiger partial charge in [0.15, 0.2) is 0 Å². The maximum absolute atomic E-state index is 10.3. The Labute approximate surface area is 115 Å². The molecule has 0 aliphatic carbocycles. The minimum atomic E-state index is -0.480. The SMILES string of the molecule is COc1cccc(C(O)CN2CCC(N)CC2C)c1. The maximum atomic E-state index is 10.3. The fourth-order valence-corrected chi connectivity index (χ4v) is 2.70. The molecule has 4 heteroatoms. The van der Waals surface area contributed by atoms with E-state index in [1.807, 2.05) is 24.3 Å². The van der Waals surface area contributed by atoms with E-state index in [0.717, 1.165) is 30.7 Å². The van der Waals surface area contributed by atoms with Crippen LogP contribution in [0.15, 0.2) is 24.3 Å². The largest absolute Gasteiger partial charge is 0.497 e. The number of ether oxygens (including phenoxy) is 1. The van der Waals surface area contributed by atoms with Crippen LogP contribution in [0.25, 0.3) is 0 Å². The van der Waals surface area contributed by atoms with E-state index in [1.54, 1.807) is 7.11 Å². The summed E-state index contributed by atoms with van der Waals surface area (Å²) < 4.78 is 5.19. The van der Waals surface area contributed by atoms with Gasteiger partial charge in [0.05, 0.1) is 13.2 Å². The summed E-state index contributed by atoms with van der Waals surface area (Å²) in [4.78, 5) is 2.31. The normalized spacial score (nSPS) is 26.1. The molecule has 0 aromatic heterocycles. The number of benzene rings is 1. The Bertz CT molecular complexity index is 411. The topological polar surface area (TPSA) is 58.7 Å². The van der Waals surface area contributed by atoms with Crippen molar-refractivity contribution < 1.29 is 9.84 Å². The molecule has 1 fully saturated rings. The molecule has 19 heavy (non-hydrogen) atoms. The van der Waals surface area contributed by atoms with Gasteiger partial charge < -0.3 is 15.6 Å². The van der Waals surface area contributed by atoms with E-state index in [9.17, 15) is 5.11 Å². The van der Waals surface area contributed by atoms with E-state index in [1.165, 1.54) is 0 Å². The van der Waals surface area contributed by atoms with Gasteiger partial charge in [-0.15, -0.1) is 0 Å². The molecule has 2 rings (SSSR count). The van der Waals surface area contributed by atoms with Gasteiger partial charge in [-0.25, -0.2) is 0 Å². The van der Waals surface area contributed by atoms with Crippen molar-refractivity contribution in [1.82, 2.24) is 4.90 Å². The van der Waals surface area contributed by atoms with Crippen LogP contribution in [0.1, 0.15) is 31.4 Å². The van der Waals surface area contributed by atoms with Gasteiger partial charge in [0.25, 0.3) is 0 Å². The quantitative estimate of drug-likeness (QED) is 0.866. The van der Waals surface area contributed by atoms with E-state index < -0.39 is 6.10 Å². The summed E-state index contributed by atoms with van der Waals surface area (Å²) in [5, 5.41) is 10.3. The van der Waals surface area contributed by atoms with Crippen molar-refractivity contribution in [3.05, 3.63) is 29.8 Å². The number of piperidine rings is 1. The Morgan fingerprint density at radius 3 is 3.00 bits per heavy atom. The number of hydrogen-bond donors (Lipinski definition) is 2. The van der Waals surface area contributed by atoms with Gasteiger partial charge >= 0.3 is 0 Å². The van der Waals surface area contributed by atoms with Crippen LogP contribution in [0.3, 0.4) is 0 Å². The van der Waals surface area contributed by atoms with Crippen LogP contribution < -0.4 is 10.5 Å². The molecule has 0 bridgehead atoms. The first kappa shape index (κ1) is 14.3. The molecular weight excluding hydrogens is 240 g/mol. The highest BCUT2D eigenvalue weighted by Crippen LogP contribution is 2.23. The molecule has 1 aromatic carbocycles. The van der Waals surface area contributed by atoms with Crippen molar-refractivity contribution in [2.24, 2.45) is 5.73 Å². The summed E-state index contributed by atoms with van der Waals surface area (Å²) in [5.74, 6) is 0.783. The van der Waals surface area contributed by atoms with Crippen LogP contribution in [0.5, 0.6) is 5.75 Å². The summed E-state index contributed by atoms with van der Waals surface area (Å²) >= 11 is 0. The van der Waals surface area contributed by atoms with Crippen LogP contribution in [-0.4, -0.2) is 42.3 Å². The Hall–Kier alpha value is -1.10. The molecule has 0 saturated carbocycles. The summed E-state index contributed by atoms with van der Waals surface area (Å²) in [6.07, 6.45) is 1.53. The number of likely N-dealkylation sites (tertiary alicyclic amines) is 1. The summed E-state index contributed by atoms with van der Waals surface area (Å²) in [6.45, 7) is 3.79. The van der Waals surface area contributed by atoms with Gasteiger partial charge in [-0.1, -0.05) is 12.1 Å². The highest BCUT2D eigenvalue weighted by molar-refractivity contribution is 5.29. The average molecular weight is 264 g/mol. The molecule has 3 N–H and O–H groups in total. The van der Waals surface area contributed by atoms with Gasteiger partial charge in [0.1, 0.15) is 5.75 Å². The second-order valence-electron chi connectivity index (χ2n) is 5.42. The van der Waals surface area contributed by atoms with Crippen molar-refractivity contribution in [1.29, 1.82) is 0 Å². The van der Waals surface area contributed by atoms with E-state index in [4.69, 9.17) is 10.5 Å². The highest BCUT2D eigenvalue weighted by atomic mass is 16.5. The maximum Gasteiger partial charge on any atom is 0.119 e. The van der Waals surface area contributed by atoms with Gasteiger partial charge in [-0.3, -0.25) is 4.90 Å². The molecule has 0 spiro atoms. The van der Waals surface area contributed by atoms with Crippen molar-refractivity contribution in [2.75, 3.05) is 20.2 Å². The molecule has 1 aliphatic heterocycles. The first-order chi connectivity index (χ1) is 9.10. The van der Waals surface area contributed by atoms with Crippen LogP contribution in [0.4, 0.5) is 0 Å². The second kappa shape index (κ2) is 6.37. The Morgan fingerprint density at radius 1 is 1.53 bits per heavy atom. The van der Waals surface area contributed by atoms with Gasteiger partial charge in [-0.05, 0) is 37.5 Å². The zero-order valence-electron chi connectivity index (χ0n) is 11.7. The zero-order chi connectivity index (χ0) is 13.8. The lowest BCUT2D eigenvalue weighted by Crippen LogP contribution is -2.46. The molecule has 1 aromatic rings. The molecule has 1 aliphatic rings. The Morgan fingerprint density at radius 2 is 2.32 bits per heavy atom.